The Hall–Kier alpha value is -4.28. The lowest BCUT2D eigenvalue weighted by molar-refractivity contribution is -0.135. The zero-order valence-electron chi connectivity index (χ0n) is 19.5. The summed E-state index contributed by atoms with van der Waals surface area (Å²) in [7, 11) is 4.24. The number of carbonyl (C=O) groups is 4. The van der Waals surface area contributed by atoms with E-state index in [0.717, 1.165) is 10.5 Å². The number of benzene rings is 2. The van der Waals surface area contributed by atoms with Crippen LogP contribution in [-0.2, 0) is 15.1 Å². The molecule has 34 heavy (non-hydrogen) atoms. The molecule has 1 saturated heterocycles. The minimum Gasteiger partial charge on any atom is -0.493 e. The number of hydrogen-bond acceptors (Lipinski definition) is 7. The standard InChI is InChI=1S/C23H26N4O7/c1-13-6-8-15(9-7-13)23(2)21(30)27(22(31)24-23)12-18(28)25-26-20(29)14-10-16(32-3)19(34-5)17(11-14)33-4/h6-11H,12H2,1-5H3,(H,24,31)(H,25,28)(H,26,29)/t23-/m0/s1. The van der Waals surface area contributed by atoms with E-state index in [1.165, 1.54) is 33.5 Å². The van der Waals surface area contributed by atoms with Gasteiger partial charge in [-0.2, -0.15) is 0 Å². The molecule has 1 aliphatic heterocycles. The Labute approximate surface area is 196 Å². The minimum absolute atomic E-state index is 0.122. The molecule has 1 atom stereocenters. The van der Waals surface area contributed by atoms with Gasteiger partial charge in [0.2, 0.25) is 5.75 Å². The largest absolute Gasteiger partial charge is 0.493 e. The Morgan fingerprint density at radius 2 is 1.56 bits per heavy atom. The van der Waals surface area contributed by atoms with Crippen molar-refractivity contribution in [3.63, 3.8) is 0 Å². The van der Waals surface area contributed by atoms with E-state index in [1.54, 1.807) is 19.1 Å². The highest BCUT2D eigenvalue weighted by Gasteiger charge is 2.49. The number of nitrogens with zero attached hydrogens (tertiary/aromatic N) is 1. The maximum absolute atomic E-state index is 13.0. The molecular weight excluding hydrogens is 444 g/mol. The van der Waals surface area contributed by atoms with Crippen LogP contribution in [0, 0.1) is 6.92 Å². The number of nitrogens with one attached hydrogen (secondary N) is 3. The Morgan fingerprint density at radius 3 is 2.09 bits per heavy atom. The monoisotopic (exact) mass is 470 g/mol. The molecule has 0 radical (unpaired) electrons. The van der Waals surface area contributed by atoms with E-state index in [2.05, 4.69) is 16.2 Å². The molecule has 1 fully saturated rings. The van der Waals surface area contributed by atoms with E-state index in [-0.39, 0.29) is 17.1 Å². The Kier molecular flexibility index (Phi) is 6.94. The van der Waals surface area contributed by atoms with Gasteiger partial charge < -0.3 is 19.5 Å². The Morgan fingerprint density at radius 1 is 0.971 bits per heavy atom. The summed E-state index contributed by atoms with van der Waals surface area (Å²) in [6, 6.07) is 9.26. The van der Waals surface area contributed by atoms with Crippen molar-refractivity contribution in [2.24, 2.45) is 0 Å². The second-order valence-electron chi connectivity index (χ2n) is 7.73. The fourth-order valence-electron chi connectivity index (χ4n) is 3.52. The SMILES string of the molecule is COc1cc(C(=O)NNC(=O)CN2C(=O)N[C@@](C)(c3ccc(C)cc3)C2=O)cc(OC)c1OC. The molecule has 0 aliphatic carbocycles. The molecule has 5 amide bonds. The van der Waals surface area contributed by atoms with E-state index in [0.29, 0.717) is 11.3 Å². The third-order valence-electron chi connectivity index (χ3n) is 5.45. The molecule has 11 nitrogen and oxygen atoms in total. The third kappa shape index (κ3) is 4.58. The number of hydrazine groups is 1. The highest BCUT2D eigenvalue weighted by Crippen LogP contribution is 2.38. The zero-order chi connectivity index (χ0) is 25.0. The third-order valence-corrected chi connectivity index (χ3v) is 5.45. The number of ether oxygens (including phenoxy) is 3. The number of methoxy groups -OCH3 is 3. The van der Waals surface area contributed by atoms with Crippen LogP contribution in [0.2, 0.25) is 0 Å². The second-order valence-corrected chi connectivity index (χ2v) is 7.73. The molecule has 0 aromatic heterocycles. The lowest BCUT2D eigenvalue weighted by Crippen LogP contribution is -2.48. The molecule has 2 aromatic rings. The van der Waals surface area contributed by atoms with Gasteiger partial charge >= 0.3 is 6.03 Å². The molecule has 2 aromatic carbocycles. The van der Waals surface area contributed by atoms with Gasteiger partial charge in [0.25, 0.3) is 17.7 Å². The van der Waals surface area contributed by atoms with Gasteiger partial charge in [0, 0.05) is 5.56 Å². The molecule has 1 aliphatic rings. The summed E-state index contributed by atoms with van der Waals surface area (Å²) in [4.78, 5) is 51.1. The molecule has 1 heterocycles. The quantitative estimate of drug-likeness (QED) is 0.409. The molecule has 3 rings (SSSR count). The lowest BCUT2D eigenvalue weighted by Gasteiger charge is -2.22. The molecular formula is C23H26N4O7. The zero-order valence-corrected chi connectivity index (χ0v) is 19.5. The van der Waals surface area contributed by atoms with Crippen molar-refractivity contribution in [3.8, 4) is 17.2 Å². The average molecular weight is 470 g/mol. The first-order chi connectivity index (χ1) is 16.1. The molecule has 0 unspecified atom stereocenters. The van der Waals surface area contributed by atoms with Crippen molar-refractivity contribution in [3.05, 3.63) is 53.1 Å². The summed E-state index contributed by atoms with van der Waals surface area (Å²) in [5, 5.41) is 2.63. The highest BCUT2D eigenvalue weighted by molar-refractivity contribution is 6.09. The van der Waals surface area contributed by atoms with E-state index in [4.69, 9.17) is 14.2 Å². The maximum atomic E-state index is 13.0. The van der Waals surface area contributed by atoms with Crippen LogP contribution in [0.25, 0.3) is 0 Å². The topological polar surface area (TPSA) is 135 Å². The fourth-order valence-corrected chi connectivity index (χ4v) is 3.52. The van der Waals surface area contributed by atoms with E-state index in [1.807, 2.05) is 19.1 Å². The van der Waals surface area contributed by atoms with Crippen LogP contribution < -0.4 is 30.4 Å². The van der Waals surface area contributed by atoms with Gasteiger partial charge in [0.1, 0.15) is 12.1 Å². The van der Waals surface area contributed by atoms with Crippen molar-refractivity contribution in [2.45, 2.75) is 19.4 Å². The first-order valence-electron chi connectivity index (χ1n) is 10.2. The molecule has 0 spiro atoms. The van der Waals surface area contributed by atoms with Gasteiger partial charge in [0.15, 0.2) is 11.5 Å². The first-order valence-corrected chi connectivity index (χ1v) is 10.2. The summed E-state index contributed by atoms with van der Waals surface area (Å²) in [6.45, 7) is 2.90. The minimum atomic E-state index is -1.30. The Balaban J connectivity index is 1.66. The number of aryl methyl sites for hydroxylation is 1. The van der Waals surface area contributed by atoms with Crippen molar-refractivity contribution in [1.29, 1.82) is 0 Å². The number of urea groups is 1. The van der Waals surface area contributed by atoms with Crippen LogP contribution in [0.15, 0.2) is 36.4 Å². The maximum Gasteiger partial charge on any atom is 0.325 e. The van der Waals surface area contributed by atoms with Crippen molar-refractivity contribution < 1.29 is 33.4 Å². The number of carbonyl (C=O) groups excluding carboxylic acids is 4. The van der Waals surface area contributed by atoms with Gasteiger partial charge in [-0.15, -0.1) is 0 Å². The fraction of sp³-hybridized carbons (Fsp3) is 0.304. The number of amides is 5. The highest BCUT2D eigenvalue weighted by atomic mass is 16.5. The van der Waals surface area contributed by atoms with Gasteiger partial charge in [-0.3, -0.25) is 30.1 Å². The van der Waals surface area contributed by atoms with Gasteiger partial charge in [-0.1, -0.05) is 29.8 Å². The van der Waals surface area contributed by atoms with Crippen molar-refractivity contribution in [1.82, 2.24) is 21.1 Å². The second kappa shape index (κ2) is 9.69. The van der Waals surface area contributed by atoms with Crippen LogP contribution in [0.1, 0.15) is 28.4 Å². The predicted molar refractivity (Wildman–Crippen MR) is 120 cm³/mol. The smallest absolute Gasteiger partial charge is 0.325 e. The molecule has 180 valence electrons. The van der Waals surface area contributed by atoms with Crippen LogP contribution >= 0.6 is 0 Å². The van der Waals surface area contributed by atoms with Crippen molar-refractivity contribution >= 4 is 23.8 Å². The van der Waals surface area contributed by atoms with Crippen molar-refractivity contribution in [2.75, 3.05) is 27.9 Å². The van der Waals surface area contributed by atoms with E-state index >= 15 is 0 Å². The summed E-state index contributed by atoms with van der Waals surface area (Å²) in [5.74, 6) is -1.19. The molecule has 11 heteroatoms. The number of rotatable bonds is 7. The summed E-state index contributed by atoms with van der Waals surface area (Å²) >= 11 is 0. The summed E-state index contributed by atoms with van der Waals surface area (Å²) in [6.07, 6.45) is 0. The number of hydrogen-bond donors (Lipinski definition) is 3. The number of imide groups is 1. The van der Waals surface area contributed by atoms with Crippen LogP contribution in [0.4, 0.5) is 4.79 Å². The molecule has 0 saturated carbocycles. The van der Waals surface area contributed by atoms with Gasteiger partial charge in [-0.25, -0.2) is 4.79 Å². The molecule has 3 N–H and O–H groups in total. The van der Waals surface area contributed by atoms with Crippen LogP contribution in [-0.4, -0.2) is 56.5 Å². The first kappa shape index (κ1) is 24.4. The van der Waals surface area contributed by atoms with Crippen LogP contribution in [0.3, 0.4) is 0 Å². The van der Waals surface area contributed by atoms with E-state index in [9.17, 15) is 19.2 Å². The predicted octanol–water partition coefficient (Wildman–Crippen LogP) is 1.25. The Bertz CT molecular complexity index is 1110. The summed E-state index contributed by atoms with van der Waals surface area (Å²) < 4.78 is 15.6. The average Bonchev–Trinajstić information content (AvgIpc) is 3.05. The molecule has 0 bridgehead atoms. The lowest BCUT2D eigenvalue weighted by atomic mass is 9.91. The van der Waals surface area contributed by atoms with Gasteiger partial charge in [0.05, 0.1) is 21.3 Å². The van der Waals surface area contributed by atoms with E-state index < -0.39 is 35.8 Å². The normalized spacial score (nSPS) is 17.1. The summed E-state index contributed by atoms with van der Waals surface area (Å²) in [5.41, 5.74) is 4.86. The van der Waals surface area contributed by atoms with Crippen LogP contribution in [0.5, 0.6) is 17.2 Å². The van der Waals surface area contributed by atoms with Gasteiger partial charge in [-0.05, 0) is 31.5 Å².